The number of nitro benzene ring substituents is 1. The number of benzene rings is 1. The molecule has 21 heavy (non-hydrogen) atoms. The molecule has 0 bridgehead atoms. The summed E-state index contributed by atoms with van der Waals surface area (Å²) >= 11 is 5.98. The van der Waals surface area contributed by atoms with Crippen molar-refractivity contribution in [3.8, 4) is 0 Å². The molecule has 1 aromatic rings. The first-order valence-electron chi connectivity index (χ1n) is 7.45. The van der Waals surface area contributed by atoms with E-state index in [2.05, 4.69) is 18.7 Å². The summed E-state index contributed by atoms with van der Waals surface area (Å²) in [4.78, 5) is 15.2. The predicted octanol–water partition coefficient (Wildman–Crippen LogP) is 3.81. The lowest BCUT2D eigenvalue weighted by atomic mass is 10.2. The van der Waals surface area contributed by atoms with Gasteiger partial charge in [0, 0.05) is 13.1 Å². The molecule has 0 aliphatic heterocycles. The highest BCUT2D eigenvalue weighted by Gasteiger charge is 2.22. The first kappa shape index (κ1) is 17.7. The van der Waals surface area contributed by atoms with Gasteiger partial charge in [0.15, 0.2) is 0 Å². The van der Waals surface area contributed by atoms with Crippen LogP contribution in [-0.4, -0.2) is 42.5 Å². The van der Waals surface area contributed by atoms with Crippen LogP contribution in [-0.2, 0) is 0 Å². The van der Waals surface area contributed by atoms with E-state index in [1.165, 1.54) is 0 Å². The Morgan fingerprint density at radius 1 is 1.14 bits per heavy atom. The normalized spacial score (nSPS) is 10.9. The first-order chi connectivity index (χ1) is 10.0. The van der Waals surface area contributed by atoms with Gasteiger partial charge in [-0.25, -0.2) is 0 Å². The van der Waals surface area contributed by atoms with E-state index in [4.69, 9.17) is 11.6 Å². The lowest BCUT2D eigenvalue weighted by Crippen LogP contribution is -2.30. The van der Waals surface area contributed by atoms with Crippen LogP contribution in [0.5, 0.6) is 0 Å². The van der Waals surface area contributed by atoms with Crippen molar-refractivity contribution in [3.05, 3.63) is 33.3 Å². The minimum Gasteiger partial charge on any atom is -0.366 e. The summed E-state index contributed by atoms with van der Waals surface area (Å²) in [6, 6.07) is 5.09. The van der Waals surface area contributed by atoms with Crippen LogP contribution in [0.4, 0.5) is 11.4 Å². The van der Waals surface area contributed by atoms with Crippen LogP contribution in [0.2, 0.25) is 5.02 Å². The fourth-order valence-electron chi connectivity index (χ4n) is 2.41. The summed E-state index contributed by atoms with van der Waals surface area (Å²) in [5.41, 5.74) is 0.610. The Bertz CT molecular complexity index is 464. The molecule has 6 heteroatoms. The van der Waals surface area contributed by atoms with Crippen LogP contribution in [0.1, 0.15) is 27.2 Å². The van der Waals surface area contributed by atoms with E-state index in [-0.39, 0.29) is 10.7 Å². The molecule has 118 valence electrons. The van der Waals surface area contributed by atoms with Crippen LogP contribution in [0.25, 0.3) is 0 Å². The SMILES string of the molecule is CCN(CC)CCCN(CC)c1cccc(Cl)c1[N+](=O)[O-]. The number of rotatable bonds is 9. The zero-order valence-corrected chi connectivity index (χ0v) is 13.8. The molecule has 0 aliphatic rings. The molecular weight excluding hydrogens is 290 g/mol. The Morgan fingerprint density at radius 2 is 1.81 bits per heavy atom. The molecule has 0 atom stereocenters. The van der Waals surface area contributed by atoms with E-state index in [1.807, 2.05) is 11.8 Å². The van der Waals surface area contributed by atoms with E-state index in [9.17, 15) is 10.1 Å². The Balaban J connectivity index is 2.81. The van der Waals surface area contributed by atoms with Crippen LogP contribution in [0, 0.1) is 10.1 Å². The molecule has 0 fully saturated rings. The van der Waals surface area contributed by atoms with Crippen molar-refractivity contribution in [1.82, 2.24) is 4.90 Å². The van der Waals surface area contributed by atoms with Crippen molar-refractivity contribution in [3.63, 3.8) is 0 Å². The Hall–Kier alpha value is -1.33. The zero-order chi connectivity index (χ0) is 15.8. The standard InChI is InChI=1S/C15H24ClN3O2/c1-4-17(5-2)11-8-12-18(6-3)14-10-7-9-13(16)15(14)19(20)21/h7,9-10H,4-6,8,11-12H2,1-3H3. The lowest BCUT2D eigenvalue weighted by Gasteiger charge is -2.25. The highest BCUT2D eigenvalue weighted by molar-refractivity contribution is 6.33. The molecule has 0 saturated carbocycles. The third-order valence-electron chi connectivity index (χ3n) is 3.67. The summed E-state index contributed by atoms with van der Waals surface area (Å²) in [7, 11) is 0. The van der Waals surface area contributed by atoms with Gasteiger partial charge in [0.25, 0.3) is 0 Å². The number of nitrogens with zero attached hydrogens (tertiary/aromatic N) is 3. The molecule has 0 radical (unpaired) electrons. The highest BCUT2D eigenvalue weighted by atomic mass is 35.5. The van der Waals surface area contributed by atoms with Gasteiger partial charge in [-0.15, -0.1) is 0 Å². The Morgan fingerprint density at radius 3 is 2.33 bits per heavy atom. The van der Waals surface area contributed by atoms with E-state index in [0.717, 1.165) is 39.1 Å². The lowest BCUT2D eigenvalue weighted by molar-refractivity contribution is -0.384. The molecule has 0 amide bonds. The van der Waals surface area contributed by atoms with Crippen molar-refractivity contribution < 1.29 is 4.92 Å². The van der Waals surface area contributed by atoms with Crippen molar-refractivity contribution in [1.29, 1.82) is 0 Å². The maximum absolute atomic E-state index is 11.2. The number of halogens is 1. The number of anilines is 1. The molecule has 0 aliphatic carbocycles. The number of hydrogen-bond acceptors (Lipinski definition) is 4. The smallest absolute Gasteiger partial charge is 0.310 e. The second-order valence-corrected chi connectivity index (χ2v) is 5.23. The Labute approximate surface area is 131 Å². The summed E-state index contributed by atoms with van der Waals surface area (Å²) in [5, 5.41) is 11.4. The molecule has 0 aromatic heterocycles. The van der Waals surface area contributed by atoms with Crippen LogP contribution in [0.15, 0.2) is 18.2 Å². The fourth-order valence-corrected chi connectivity index (χ4v) is 2.65. The molecule has 1 rings (SSSR count). The van der Waals surface area contributed by atoms with Gasteiger partial charge in [0.05, 0.1) is 4.92 Å². The second-order valence-electron chi connectivity index (χ2n) is 4.82. The summed E-state index contributed by atoms with van der Waals surface area (Å²) in [6.45, 7) is 10.8. The van der Waals surface area contributed by atoms with E-state index < -0.39 is 4.92 Å². The van der Waals surface area contributed by atoms with Crippen molar-refractivity contribution in [2.75, 3.05) is 37.6 Å². The summed E-state index contributed by atoms with van der Waals surface area (Å²) in [6.07, 6.45) is 0.971. The molecule has 0 heterocycles. The Kier molecular flexibility index (Phi) is 7.47. The highest BCUT2D eigenvalue weighted by Crippen LogP contribution is 2.34. The van der Waals surface area contributed by atoms with Crippen molar-refractivity contribution >= 4 is 23.0 Å². The largest absolute Gasteiger partial charge is 0.366 e. The monoisotopic (exact) mass is 313 g/mol. The second kappa shape index (κ2) is 8.85. The molecule has 0 spiro atoms. The number of nitro groups is 1. The van der Waals surface area contributed by atoms with Gasteiger partial charge < -0.3 is 9.80 Å². The van der Waals surface area contributed by atoms with Gasteiger partial charge >= 0.3 is 5.69 Å². The minimum absolute atomic E-state index is 0.00357. The van der Waals surface area contributed by atoms with E-state index in [0.29, 0.717) is 5.69 Å². The van der Waals surface area contributed by atoms with Gasteiger partial charge in [-0.3, -0.25) is 10.1 Å². The third kappa shape index (κ3) is 4.86. The zero-order valence-electron chi connectivity index (χ0n) is 13.0. The van der Waals surface area contributed by atoms with Gasteiger partial charge in [0.1, 0.15) is 10.7 Å². The fraction of sp³-hybridized carbons (Fsp3) is 0.600. The molecular formula is C15H24ClN3O2. The number of hydrogen-bond donors (Lipinski definition) is 0. The van der Waals surface area contributed by atoms with Gasteiger partial charge in [-0.2, -0.15) is 0 Å². The maximum atomic E-state index is 11.2. The predicted molar refractivity (Wildman–Crippen MR) is 88.4 cm³/mol. The topological polar surface area (TPSA) is 49.6 Å². The van der Waals surface area contributed by atoms with E-state index in [1.54, 1.807) is 18.2 Å². The molecule has 0 unspecified atom stereocenters. The maximum Gasteiger partial charge on any atom is 0.310 e. The minimum atomic E-state index is -0.398. The van der Waals surface area contributed by atoms with Gasteiger partial charge in [-0.1, -0.05) is 31.5 Å². The molecule has 1 aromatic carbocycles. The van der Waals surface area contributed by atoms with Gasteiger partial charge in [-0.05, 0) is 45.1 Å². The molecule has 5 nitrogen and oxygen atoms in total. The average molecular weight is 314 g/mol. The number of para-hydroxylation sites is 1. The van der Waals surface area contributed by atoms with E-state index >= 15 is 0 Å². The quantitative estimate of drug-likeness (QED) is 0.514. The summed E-state index contributed by atoms with van der Waals surface area (Å²) in [5.74, 6) is 0. The first-order valence-corrected chi connectivity index (χ1v) is 7.83. The van der Waals surface area contributed by atoms with Crippen LogP contribution in [0.3, 0.4) is 0 Å². The van der Waals surface area contributed by atoms with Gasteiger partial charge in [0.2, 0.25) is 0 Å². The van der Waals surface area contributed by atoms with Crippen molar-refractivity contribution in [2.24, 2.45) is 0 Å². The van der Waals surface area contributed by atoms with Crippen LogP contribution < -0.4 is 4.90 Å². The molecule has 0 saturated heterocycles. The van der Waals surface area contributed by atoms with Crippen LogP contribution >= 0.6 is 11.6 Å². The average Bonchev–Trinajstić information content (AvgIpc) is 2.47. The summed E-state index contributed by atoms with van der Waals surface area (Å²) < 4.78 is 0. The van der Waals surface area contributed by atoms with Crippen molar-refractivity contribution in [2.45, 2.75) is 27.2 Å². The molecule has 0 N–H and O–H groups in total. The third-order valence-corrected chi connectivity index (χ3v) is 3.97.